The summed E-state index contributed by atoms with van der Waals surface area (Å²) in [5.74, 6) is 0.0666. The van der Waals surface area contributed by atoms with Crippen LogP contribution in [0, 0.1) is 17.2 Å². The first-order chi connectivity index (χ1) is 9.32. The second-order valence-electron chi connectivity index (χ2n) is 4.60. The number of hydrogen-bond acceptors (Lipinski definition) is 4. The van der Waals surface area contributed by atoms with Crippen molar-refractivity contribution < 1.29 is 13.2 Å². The molecule has 20 heavy (non-hydrogen) atoms. The molecular formula is C13H17ClN2O3S. The Balaban J connectivity index is 3.02. The summed E-state index contributed by atoms with van der Waals surface area (Å²) in [6.45, 7) is 2.70. The number of nitrogens with zero attached hydrogens (tertiary/aromatic N) is 2. The fourth-order valence-electron chi connectivity index (χ4n) is 1.82. The molecule has 1 unspecified atom stereocenters. The van der Waals surface area contributed by atoms with Gasteiger partial charge in [-0.1, -0.05) is 18.5 Å². The van der Waals surface area contributed by atoms with Gasteiger partial charge < -0.3 is 4.74 Å². The SMILES string of the molecule is COCC(C)CN(C)S(=O)(=O)c1ccc(C#N)cc1Cl. The molecule has 1 rings (SSSR count). The number of halogens is 1. The topological polar surface area (TPSA) is 70.4 Å². The number of rotatable bonds is 6. The van der Waals surface area contributed by atoms with Crippen LogP contribution in [-0.2, 0) is 14.8 Å². The average molecular weight is 317 g/mol. The van der Waals surface area contributed by atoms with Gasteiger partial charge in [0, 0.05) is 27.3 Å². The van der Waals surface area contributed by atoms with Crippen LogP contribution >= 0.6 is 11.6 Å². The van der Waals surface area contributed by atoms with E-state index >= 15 is 0 Å². The van der Waals surface area contributed by atoms with Gasteiger partial charge in [-0.15, -0.1) is 0 Å². The van der Waals surface area contributed by atoms with Crippen LogP contribution in [0.25, 0.3) is 0 Å². The fraction of sp³-hybridized carbons (Fsp3) is 0.462. The summed E-state index contributed by atoms with van der Waals surface area (Å²) >= 11 is 5.95. The number of methoxy groups -OCH3 is 1. The maximum absolute atomic E-state index is 12.4. The van der Waals surface area contributed by atoms with E-state index in [0.717, 1.165) is 0 Å². The van der Waals surface area contributed by atoms with E-state index in [0.29, 0.717) is 18.7 Å². The molecule has 7 heteroatoms. The number of sulfonamides is 1. The highest BCUT2D eigenvalue weighted by molar-refractivity contribution is 7.89. The van der Waals surface area contributed by atoms with E-state index in [1.165, 1.54) is 29.6 Å². The summed E-state index contributed by atoms with van der Waals surface area (Å²) in [7, 11) is -0.604. The fourth-order valence-corrected chi connectivity index (χ4v) is 3.63. The minimum atomic E-state index is -3.67. The van der Waals surface area contributed by atoms with E-state index in [9.17, 15) is 8.42 Å². The van der Waals surface area contributed by atoms with Gasteiger partial charge >= 0.3 is 0 Å². The largest absolute Gasteiger partial charge is 0.384 e. The molecule has 0 bridgehead atoms. The standard InChI is InChI=1S/C13H17ClN2O3S/c1-10(9-19-3)8-16(2)20(17,18)13-5-4-11(7-15)6-12(13)14/h4-6,10H,8-9H2,1-3H3. The van der Waals surface area contributed by atoms with Crippen LogP contribution in [-0.4, -0.2) is 40.0 Å². The predicted molar refractivity (Wildman–Crippen MR) is 77.0 cm³/mol. The highest BCUT2D eigenvalue weighted by Crippen LogP contribution is 2.25. The third kappa shape index (κ3) is 3.93. The molecule has 110 valence electrons. The lowest BCUT2D eigenvalue weighted by Crippen LogP contribution is -2.32. The molecule has 0 aromatic heterocycles. The Labute approximate surface area is 124 Å². The summed E-state index contributed by atoms with van der Waals surface area (Å²) in [6.07, 6.45) is 0. The average Bonchev–Trinajstić information content (AvgIpc) is 2.38. The summed E-state index contributed by atoms with van der Waals surface area (Å²) in [6, 6.07) is 6.05. The first-order valence-electron chi connectivity index (χ1n) is 5.97. The van der Waals surface area contributed by atoms with Gasteiger partial charge in [0.15, 0.2) is 0 Å². The summed E-state index contributed by atoms with van der Waals surface area (Å²) in [5.41, 5.74) is 0.323. The monoisotopic (exact) mass is 316 g/mol. The van der Waals surface area contributed by atoms with Crippen molar-refractivity contribution in [2.45, 2.75) is 11.8 Å². The normalized spacial score (nSPS) is 13.2. The first-order valence-corrected chi connectivity index (χ1v) is 7.79. The van der Waals surface area contributed by atoms with Crippen molar-refractivity contribution in [1.29, 1.82) is 5.26 Å². The van der Waals surface area contributed by atoms with Crippen LogP contribution in [0.15, 0.2) is 23.1 Å². The summed E-state index contributed by atoms with van der Waals surface area (Å²) in [4.78, 5) is 0.00489. The third-order valence-corrected chi connectivity index (χ3v) is 5.08. The third-order valence-electron chi connectivity index (χ3n) is 2.77. The Morgan fingerprint density at radius 3 is 2.65 bits per heavy atom. The van der Waals surface area contributed by atoms with E-state index in [1.54, 1.807) is 7.11 Å². The number of benzene rings is 1. The molecule has 0 fully saturated rings. The molecule has 1 aromatic carbocycles. The first kappa shape index (κ1) is 16.9. The summed E-state index contributed by atoms with van der Waals surface area (Å²) < 4.78 is 31.1. The Kier molecular flexibility index (Phi) is 5.96. The maximum atomic E-state index is 12.4. The molecule has 5 nitrogen and oxygen atoms in total. The van der Waals surface area contributed by atoms with E-state index in [1.807, 2.05) is 13.0 Å². The van der Waals surface area contributed by atoms with Crippen molar-refractivity contribution in [1.82, 2.24) is 4.31 Å². The molecule has 0 saturated carbocycles. The van der Waals surface area contributed by atoms with Gasteiger partial charge in [0.05, 0.1) is 16.7 Å². The molecule has 1 aromatic rings. The van der Waals surface area contributed by atoms with Crippen molar-refractivity contribution in [3.05, 3.63) is 28.8 Å². The second-order valence-corrected chi connectivity index (χ2v) is 7.02. The van der Waals surface area contributed by atoms with Gasteiger partial charge in [0.25, 0.3) is 0 Å². The van der Waals surface area contributed by atoms with Crippen molar-refractivity contribution in [3.63, 3.8) is 0 Å². The van der Waals surface area contributed by atoms with Crippen LogP contribution in [0.5, 0.6) is 0 Å². The Hall–Kier alpha value is -1.13. The maximum Gasteiger partial charge on any atom is 0.244 e. The quantitative estimate of drug-likeness (QED) is 0.806. The molecule has 0 saturated heterocycles. The van der Waals surface area contributed by atoms with Crippen LogP contribution in [0.2, 0.25) is 5.02 Å². The van der Waals surface area contributed by atoms with Gasteiger partial charge in [0.1, 0.15) is 4.90 Å². The molecule has 0 spiro atoms. The van der Waals surface area contributed by atoms with Gasteiger partial charge in [-0.2, -0.15) is 5.26 Å². The zero-order valence-electron chi connectivity index (χ0n) is 11.6. The minimum absolute atomic E-state index is 0.00489. The van der Waals surface area contributed by atoms with Gasteiger partial charge in [0.2, 0.25) is 10.0 Å². The molecule has 0 amide bonds. The predicted octanol–water partition coefficient (Wildman–Crippen LogP) is 2.11. The highest BCUT2D eigenvalue weighted by atomic mass is 35.5. The minimum Gasteiger partial charge on any atom is -0.384 e. The Morgan fingerprint density at radius 1 is 1.50 bits per heavy atom. The zero-order chi connectivity index (χ0) is 15.3. The van der Waals surface area contributed by atoms with Crippen LogP contribution in [0.3, 0.4) is 0 Å². The number of hydrogen-bond donors (Lipinski definition) is 0. The van der Waals surface area contributed by atoms with Gasteiger partial charge in [-0.25, -0.2) is 12.7 Å². The van der Waals surface area contributed by atoms with Crippen molar-refractivity contribution >= 4 is 21.6 Å². The van der Waals surface area contributed by atoms with Crippen molar-refractivity contribution in [2.75, 3.05) is 27.3 Å². The Bertz CT molecular complexity index is 611. The molecule has 1 atom stereocenters. The lowest BCUT2D eigenvalue weighted by atomic mass is 10.2. The molecular weight excluding hydrogens is 300 g/mol. The smallest absolute Gasteiger partial charge is 0.244 e. The van der Waals surface area contributed by atoms with E-state index in [4.69, 9.17) is 21.6 Å². The van der Waals surface area contributed by atoms with Crippen LogP contribution in [0.4, 0.5) is 0 Å². The highest BCUT2D eigenvalue weighted by Gasteiger charge is 2.25. The number of ether oxygens (including phenoxy) is 1. The van der Waals surface area contributed by atoms with E-state index in [2.05, 4.69) is 0 Å². The second kappa shape index (κ2) is 7.04. The van der Waals surface area contributed by atoms with E-state index in [-0.39, 0.29) is 15.8 Å². The molecule has 0 N–H and O–H groups in total. The summed E-state index contributed by atoms with van der Waals surface area (Å²) in [5, 5.41) is 8.81. The lowest BCUT2D eigenvalue weighted by molar-refractivity contribution is 0.151. The molecule has 0 radical (unpaired) electrons. The Morgan fingerprint density at radius 2 is 2.15 bits per heavy atom. The lowest BCUT2D eigenvalue weighted by Gasteiger charge is -2.21. The van der Waals surface area contributed by atoms with Crippen molar-refractivity contribution in [3.8, 4) is 6.07 Å². The van der Waals surface area contributed by atoms with Crippen molar-refractivity contribution in [2.24, 2.45) is 5.92 Å². The molecule has 0 aliphatic heterocycles. The molecule has 0 aliphatic carbocycles. The van der Waals surface area contributed by atoms with Gasteiger partial charge in [-0.3, -0.25) is 0 Å². The van der Waals surface area contributed by atoms with E-state index < -0.39 is 10.0 Å². The zero-order valence-corrected chi connectivity index (χ0v) is 13.2. The van der Waals surface area contributed by atoms with Crippen LogP contribution in [0.1, 0.15) is 12.5 Å². The molecule has 0 heterocycles. The number of nitriles is 1. The molecule has 0 aliphatic rings. The van der Waals surface area contributed by atoms with Gasteiger partial charge in [-0.05, 0) is 24.1 Å². The van der Waals surface area contributed by atoms with Crippen LogP contribution < -0.4 is 0 Å².